The Labute approximate surface area is 183 Å². The Balaban J connectivity index is 1.55. The molecule has 7 heteroatoms. The van der Waals surface area contributed by atoms with Gasteiger partial charge in [0, 0.05) is 29.7 Å². The molecule has 0 saturated carbocycles. The fourth-order valence-corrected chi connectivity index (χ4v) is 5.53. The second-order valence-corrected chi connectivity index (χ2v) is 10.3. The first kappa shape index (κ1) is 21.6. The first-order valence-corrected chi connectivity index (χ1v) is 12.1. The highest BCUT2D eigenvalue weighted by Crippen LogP contribution is 2.27. The molecule has 0 bridgehead atoms. The molecular formula is C24H28N2O4S. The lowest BCUT2D eigenvalue weighted by Gasteiger charge is -2.26. The number of carbonyl (C=O) groups is 1. The first-order valence-electron chi connectivity index (χ1n) is 10.6. The molecule has 0 spiro atoms. The zero-order valence-corrected chi connectivity index (χ0v) is 19.0. The van der Waals surface area contributed by atoms with E-state index in [9.17, 15) is 13.2 Å². The van der Waals surface area contributed by atoms with E-state index in [1.54, 1.807) is 24.5 Å². The highest BCUT2D eigenvalue weighted by Gasteiger charge is 2.26. The molecule has 1 fully saturated rings. The van der Waals surface area contributed by atoms with Gasteiger partial charge in [0.05, 0.1) is 17.6 Å². The summed E-state index contributed by atoms with van der Waals surface area (Å²) in [4.78, 5) is 13.0. The highest BCUT2D eigenvalue weighted by molar-refractivity contribution is 7.89. The third kappa shape index (κ3) is 4.38. The molecule has 1 aromatic heterocycles. The third-order valence-corrected chi connectivity index (χ3v) is 7.95. The highest BCUT2D eigenvalue weighted by atomic mass is 32.2. The van der Waals surface area contributed by atoms with Gasteiger partial charge in [0.15, 0.2) is 0 Å². The largest absolute Gasteiger partial charge is 0.464 e. The maximum absolute atomic E-state index is 13.0. The molecule has 1 N–H and O–H groups in total. The van der Waals surface area contributed by atoms with Gasteiger partial charge in [-0.1, -0.05) is 12.5 Å². The van der Waals surface area contributed by atoms with Gasteiger partial charge < -0.3 is 9.73 Å². The zero-order valence-electron chi connectivity index (χ0n) is 18.2. The molecule has 6 nitrogen and oxygen atoms in total. The Hall–Kier alpha value is -2.64. The van der Waals surface area contributed by atoms with Gasteiger partial charge >= 0.3 is 0 Å². The Morgan fingerprint density at radius 1 is 1.00 bits per heavy atom. The molecule has 2 heterocycles. The molecule has 1 aliphatic rings. The summed E-state index contributed by atoms with van der Waals surface area (Å²) in [5.41, 5.74) is 5.18. The van der Waals surface area contributed by atoms with Crippen LogP contribution in [0.2, 0.25) is 0 Å². The minimum atomic E-state index is -3.56. The molecule has 1 aliphatic heterocycles. The van der Waals surface area contributed by atoms with Crippen LogP contribution in [0.15, 0.2) is 45.9 Å². The fourth-order valence-electron chi connectivity index (χ4n) is 3.99. The third-order valence-electron chi connectivity index (χ3n) is 6.06. The van der Waals surface area contributed by atoms with E-state index < -0.39 is 10.0 Å². The molecule has 0 radical (unpaired) electrons. The van der Waals surface area contributed by atoms with Crippen LogP contribution in [0.5, 0.6) is 0 Å². The van der Waals surface area contributed by atoms with Crippen LogP contribution >= 0.6 is 0 Å². The van der Waals surface area contributed by atoms with Crippen molar-refractivity contribution in [1.82, 2.24) is 4.31 Å². The lowest BCUT2D eigenvalue weighted by Crippen LogP contribution is -2.35. The Morgan fingerprint density at radius 3 is 2.45 bits per heavy atom. The quantitative estimate of drug-likeness (QED) is 0.623. The summed E-state index contributed by atoms with van der Waals surface area (Å²) in [6.07, 6.45) is 4.59. The summed E-state index contributed by atoms with van der Waals surface area (Å²) in [7, 11) is -3.56. The Kier molecular flexibility index (Phi) is 5.90. The molecule has 3 aromatic rings. The monoisotopic (exact) mass is 440 g/mol. The number of piperidine rings is 1. The average molecular weight is 441 g/mol. The van der Waals surface area contributed by atoms with Gasteiger partial charge in [-0.3, -0.25) is 4.79 Å². The number of aryl methyl sites for hydroxylation is 3. The minimum Gasteiger partial charge on any atom is -0.464 e. The minimum absolute atomic E-state index is 0.151. The number of carbonyl (C=O) groups excluding carboxylic acids is 1. The van der Waals surface area contributed by atoms with Crippen LogP contribution in [-0.2, 0) is 21.2 Å². The Bertz CT molecular complexity index is 1240. The number of hydrogen-bond donors (Lipinski definition) is 1. The van der Waals surface area contributed by atoms with Crippen molar-refractivity contribution in [3.63, 3.8) is 0 Å². The predicted molar refractivity (Wildman–Crippen MR) is 122 cm³/mol. The van der Waals surface area contributed by atoms with E-state index >= 15 is 0 Å². The molecule has 4 rings (SSSR count). The van der Waals surface area contributed by atoms with Gasteiger partial charge in [-0.2, -0.15) is 4.31 Å². The molecule has 0 aliphatic carbocycles. The van der Waals surface area contributed by atoms with Crippen LogP contribution in [0.3, 0.4) is 0 Å². The van der Waals surface area contributed by atoms with Crippen LogP contribution in [-0.4, -0.2) is 31.7 Å². The van der Waals surface area contributed by atoms with E-state index in [2.05, 4.69) is 5.32 Å². The average Bonchev–Trinajstić information content (AvgIpc) is 3.11. The molecule has 1 saturated heterocycles. The molecule has 1 amide bonds. The van der Waals surface area contributed by atoms with E-state index in [0.717, 1.165) is 52.5 Å². The van der Waals surface area contributed by atoms with Gasteiger partial charge in [0.25, 0.3) is 0 Å². The number of sulfonamides is 1. The van der Waals surface area contributed by atoms with Gasteiger partial charge in [0.2, 0.25) is 15.9 Å². The molecule has 164 valence electrons. The van der Waals surface area contributed by atoms with Gasteiger partial charge in [-0.05, 0) is 74.6 Å². The second-order valence-electron chi connectivity index (χ2n) is 8.36. The predicted octanol–water partition coefficient (Wildman–Crippen LogP) is 4.71. The normalized spacial score (nSPS) is 15.3. The van der Waals surface area contributed by atoms with Gasteiger partial charge in [-0.25, -0.2) is 8.42 Å². The van der Waals surface area contributed by atoms with Crippen molar-refractivity contribution in [3.05, 3.63) is 58.8 Å². The van der Waals surface area contributed by atoms with E-state index in [0.29, 0.717) is 18.8 Å². The zero-order chi connectivity index (χ0) is 22.2. The topological polar surface area (TPSA) is 79.6 Å². The van der Waals surface area contributed by atoms with Crippen LogP contribution in [0.1, 0.15) is 41.5 Å². The van der Waals surface area contributed by atoms with Gasteiger partial charge in [-0.15, -0.1) is 0 Å². The maximum atomic E-state index is 13.0. The Morgan fingerprint density at radius 2 is 1.71 bits per heavy atom. The number of nitrogens with one attached hydrogen (secondary N) is 1. The SMILES string of the molecule is Cc1cc2occ(CC(=O)Nc3cc(S(=O)(=O)N4CCCCC4)ccc3C)c2cc1C. The number of furan rings is 1. The van der Waals surface area contributed by atoms with Crippen molar-refractivity contribution in [2.75, 3.05) is 18.4 Å². The van der Waals surface area contributed by atoms with E-state index in [-0.39, 0.29) is 17.2 Å². The van der Waals surface area contributed by atoms with Crippen molar-refractivity contribution in [3.8, 4) is 0 Å². The molecule has 0 unspecified atom stereocenters. The van der Waals surface area contributed by atoms with Crippen molar-refractivity contribution in [2.24, 2.45) is 0 Å². The number of rotatable bonds is 5. The fraction of sp³-hybridized carbons (Fsp3) is 0.375. The number of anilines is 1. The van der Waals surface area contributed by atoms with E-state index in [1.807, 2.05) is 32.9 Å². The van der Waals surface area contributed by atoms with E-state index in [4.69, 9.17) is 4.42 Å². The number of amides is 1. The molecule has 31 heavy (non-hydrogen) atoms. The number of fused-ring (bicyclic) bond motifs is 1. The summed E-state index contributed by atoms with van der Waals surface area (Å²) in [5, 5.41) is 3.82. The summed E-state index contributed by atoms with van der Waals surface area (Å²) < 4.78 is 33.2. The standard InChI is InChI=1S/C24H28N2O4S/c1-16-7-8-20(31(28,29)26-9-5-4-6-10-26)14-22(16)25-24(27)13-19-15-30-23-12-18(3)17(2)11-21(19)23/h7-8,11-12,14-15H,4-6,9-10,13H2,1-3H3,(H,25,27). The first-order chi connectivity index (χ1) is 14.8. The van der Waals surface area contributed by atoms with Gasteiger partial charge in [0.1, 0.15) is 5.58 Å². The summed E-state index contributed by atoms with van der Waals surface area (Å²) in [6.45, 7) is 7.00. The van der Waals surface area contributed by atoms with Crippen molar-refractivity contribution in [1.29, 1.82) is 0 Å². The van der Waals surface area contributed by atoms with Crippen LogP contribution < -0.4 is 5.32 Å². The summed E-state index contributed by atoms with van der Waals surface area (Å²) in [6, 6.07) is 8.94. The second kappa shape index (κ2) is 8.48. The van der Waals surface area contributed by atoms with Crippen LogP contribution in [0.25, 0.3) is 11.0 Å². The molecular weight excluding hydrogens is 412 g/mol. The van der Waals surface area contributed by atoms with Crippen LogP contribution in [0, 0.1) is 20.8 Å². The van der Waals surface area contributed by atoms with Crippen LogP contribution in [0.4, 0.5) is 5.69 Å². The number of nitrogens with zero attached hydrogens (tertiary/aromatic N) is 1. The molecule has 2 aromatic carbocycles. The smallest absolute Gasteiger partial charge is 0.243 e. The van der Waals surface area contributed by atoms with E-state index in [1.165, 1.54) is 4.31 Å². The maximum Gasteiger partial charge on any atom is 0.243 e. The van der Waals surface area contributed by atoms with Crippen molar-refractivity contribution in [2.45, 2.75) is 51.3 Å². The number of benzene rings is 2. The summed E-state index contributed by atoms with van der Waals surface area (Å²) >= 11 is 0. The van der Waals surface area contributed by atoms with Crippen molar-refractivity contribution < 1.29 is 17.6 Å². The molecule has 0 atom stereocenters. The van der Waals surface area contributed by atoms with Crippen molar-refractivity contribution >= 4 is 32.6 Å². The number of hydrogen-bond acceptors (Lipinski definition) is 4. The summed E-state index contributed by atoms with van der Waals surface area (Å²) in [5.74, 6) is -0.212. The lowest BCUT2D eigenvalue weighted by atomic mass is 10.0. The lowest BCUT2D eigenvalue weighted by molar-refractivity contribution is -0.115.